The average Bonchev–Trinajstić information content (AvgIpc) is 2.93. The number of imidazole rings is 1. The molecule has 0 fully saturated rings. The Balaban J connectivity index is 1.76. The molecule has 0 radical (unpaired) electrons. The number of rotatable bonds is 4. The second-order valence-corrected chi connectivity index (χ2v) is 4.70. The van der Waals surface area contributed by atoms with E-state index in [9.17, 15) is 10.1 Å². The van der Waals surface area contributed by atoms with Gasteiger partial charge in [-0.05, 0) is 30.2 Å². The minimum Gasteiger partial charge on any atom is -0.366 e. The Kier molecular flexibility index (Phi) is 3.23. The predicted octanol–water partition coefficient (Wildman–Crippen LogP) is 2.56. The van der Waals surface area contributed by atoms with Gasteiger partial charge >= 0.3 is 0 Å². The zero-order valence-corrected chi connectivity index (χ0v) is 11.4. The zero-order chi connectivity index (χ0) is 14.8. The maximum Gasteiger partial charge on any atom is 0.287 e. The van der Waals surface area contributed by atoms with Crippen molar-refractivity contribution in [3.05, 3.63) is 64.2 Å². The molecule has 0 saturated carbocycles. The van der Waals surface area contributed by atoms with Crippen molar-refractivity contribution < 1.29 is 4.92 Å². The van der Waals surface area contributed by atoms with Crippen molar-refractivity contribution in [3.8, 4) is 0 Å². The van der Waals surface area contributed by atoms with E-state index in [0.29, 0.717) is 12.4 Å². The molecule has 0 atom stereocenters. The van der Waals surface area contributed by atoms with Crippen LogP contribution < -0.4 is 5.32 Å². The highest BCUT2D eigenvalue weighted by Crippen LogP contribution is 2.18. The van der Waals surface area contributed by atoms with Crippen molar-refractivity contribution in [1.82, 2.24) is 14.4 Å². The molecular weight excluding hydrogens is 270 g/mol. The number of anilines is 1. The number of pyridine rings is 2. The summed E-state index contributed by atoms with van der Waals surface area (Å²) in [6.07, 6.45) is 6.83. The topological polar surface area (TPSA) is 85.4 Å². The van der Waals surface area contributed by atoms with Crippen LogP contribution in [0.25, 0.3) is 5.65 Å². The van der Waals surface area contributed by atoms with Crippen molar-refractivity contribution in [2.24, 2.45) is 0 Å². The lowest BCUT2D eigenvalue weighted by atomic mass is 10.2. The first-order valence-corrected chi connectivity index (χ1v) is 6.40. The van der Waals surface area contributed by atoms with E-state index in [-0.39, 0.29) is 5.69 Å². The Morgan fingerprint density at radius 2 is 2.19 bits per heavy atom. The summed E-state index contributed by atoms with van der Waals surface area (Å²) >= 11 is 0. The molecule has 0 spiro atoms. The predicted molar refractivity (Wildman–Crippen MR) is 78.1 cm³/mol. The standard InChI is InChI=1S/C14H13N5O2/c1-10-6-12(19(20)21)9-17-14(10)16-8-11-2-4-18-5-3-15-13(18)7-11/h2-7,9H,8H2,1H3,(H,16,17). The van der Waals surface area contributed by atoms with Crippen molar-refractivity contribution >= 4 is 17.2 Å². The molecule has 7 heteroatoms. The van der Waals surface area contributed by atoms with E-state index in [1.807, 2.05) is 28.9 Å². The normalized spacial score (nSPS) is 10.7. The largest absolute Gasteiger partial charge is 0.366 e. The summed E-state index contributed by atoms with van der Waals surface area (Å²) in [5, 5.41) is 13.9. The Bertz CT molecular complexity index is 812. The first kappa shape index (κ1) is 13.0. The molecule has 0 amide bonds. The van der Waals surface area contributed by atoms with E-state index in [2.05, 4.69) is 15.3 Å². The molecular formula is C14H13N5O2. The lowest BCUT2D eigenvalue weighted by Gasteiger charge is -2.08. The van der Waals surface area contributed by atoms with Gasteiger partial charge in [0.25, 0.3) is 5.69 Å². The van der Waals surface area contributed by atoms with Crippen LogP contribution in [0.3, 0.4) is 0 Å². The maximum atomic E-state index is 10.7. The van der Waals surface area contributed by atoms with Crippen LogP contribution in [0.15, 0.2) is 43.0 Å². The quantitative estimate of drug-likeness (QED) is 0.587. The molecule has 21 heavy (non-hydrogen) atoms. The van der Waals surface area contributed by atoms with Crippen molar-refractivity contribution in [3.63, 3.8) is 0 Å². The van der Waals surface area contributed by atoms with Crippen LogP contribution >= 0.6 is 0 Å². The SMILES string of the molecule is Cc1cc([N+](=O)[O-])cnc1NCc1ccn2ccnc2c1. The number of aryl methyl sites for hydroxylation is 1. The number of hydrogen-bond acceptors (Lipinski definition) is 5. The number of nitro groups is 1. The van der Waals surface area contributed by atoms with Crippen LogP contribution in [-0.2, 0) is 6.54 Å². The van der Waals surface area contributed by atoms with Gasteiger partial charge < -0.3 is 9.72 Å². The van der Waals surface area contributed by atoms with Crippen LogP contribution in [0.4, 0.5) is 11.5 Å². The minimum atomic E-state index is -0.448. The van der Waals surface area contributed by atoms with Gasteiger partial charge in [0.2, 0.25) is 0 Å². The van der Waals surface area contributed by atoms with Crippen molar-refractivity contribution in [1.29, 1.82) is 0 Å². The second kappa shape index (κ2) is 5.20. The molecule has 0 saturated heterocycles. The Hall–Kier alpha value is -2.96. The van der Waals surface area contributed by atoms with Gasteiger partial charge in [0, 0.05) is 31.2 Å². The molecule has 0 aliphatic carbocycles. The Morgan fingerprint density at radius 1 is 1.33 bits per heavy atom. The van der Waals surface area contributed by atoms with E-state index in [1.165, 1.54) is 12.3 Å². The van der Waals surface area contributed by atoms with Gasteiger partial charge in [0.15, 0.2) is 0 Å². The monoisotopic (exact) mass is 283 g/mol. The molecule has 0 aliphatic heterocycles. The molecule has 0 bridgehead atoms. The number of nitrogens with one attached hydrogen (secondary N) is 1. The van der Waals surface area contributed by atoms with Crippen LogP contribution in [0.2, 0.25) is 0 Å². The first-order chi connectivity index (χ1) is 10.1. The van der Waals surface area contributed by atoms with Crippen LogP contribution in [0.5, 0.6) is 0 Å². The van der Waals surface area contributed by atoms with Crippen molar-refractivity contribution in [2.45, 2.75) is 13.5 Å². The highest BCUT2D eigenvalue weighted by molar-refractivity contribution is 5.49. The van der Waals surface area contributed by atoms with Gasteiger partial charge in [-0.3, -0.25) is 10.1 Å². The third-order valence-electron chi connectivity index (χ3n) is 3.20. The van der Waals surface area contributed by atoms with Crippen LogP contribution in [-0.4, -0.2) is 19.3 Å². The summed E-state index contributed by atoms with van der Waals surface area (Å²) in [7, 11) is 0. The van der Waals surface area contributed by atoms with Gasteiger partial charge in [-0.1, -0.05) is 0 Å². The summed E-state index contributed by atoms with van der Waals surface area (Å²) < 4.78 is 1.93. The van der Waals surface area contributed by atoms with Gasteiger partial charge in [-0.2, -0.15) is 0 Å². The average molecular weight is 283 g/mol. The second-order valence-electron chi connectivity index (χ2n) is 4.70. The molecule has 0 unspecified atom stereocenters. The maximum absolute atomic E-state index is 10.7. The molecule has 3 rings (SSSR count). The van der Waals surface area contributed by atoms with Gasteiger partial charge in [0.1, 0.15) is 17.7 Å². The van der Waals surface area contributed by atoms with Crippen molar-refractivity contribution in [2.75, 3.05) is 5.32 Å². The fraction of sp³-hybridized carbons (Fsp3) is 0.143. The molecule has 1 N–H and O–H groups in total. The first-order valence-electron chi connectivity index (χ1n) is 6.40. The zero-order valence-electron chi connectivity index (χ0n) is 11.4. The van der Waals surface area contributed by atoms with Gasteiger partial charge in [-0.25, -0.2) is 9.97 Å². The fourth-order valence-electron chi connectivity index (χ4n) is 2.09. The molecule has 0 aliphatic rings. The number of hydrogen-bond donors (Lipinski definition) is 1. The molecule has 3 heterocycles. The summed E-state index contributed by atoms with van der Waals surface area (Å²) in [4.78, 5) is 18.6. The smallest absolute Gasteiger partial charge is 0.287 e. The highest BCUT2D eigenvalue weighted by Gasteiger charge is 2.09. The minimum absolute atomic E-state index is 0.00291. The van der Waals surface area contributed by atoms with E-state index in [4.69, 9.17) is 0 Å². The third-order valence-corrected chi connectivity index (χ3v) is 3.20. The van der Waals surface area contributed by atoms with Gasteiger partial charge in [0.05, 0.1) is 4.92 Å². The number of aromatic nitrogens is 3. The Morgan fingerprint density at radius 3 is 2.95 bits per heavy atom. The summed E-state index contributed by atoms with van der Waals surface area (Å²) in [6.45, 7) is 2.37. The lowest BCUT2D eigenvalue weighted by Crippen LogP contribution is -2.04. The van der Waals surface area contributed by atoms with Crippen LogP contribution in [0.1, 0.15) is 11.1 Å². The third kappa shape index (κ3) is 2.66. The van der Waals surface area contributed by atoms with E-state index < -0.39 is 4.92 Å². The summed E-state index contributed by atoms with van der Waals surface area (Å²) in [5.41, 5.74) is 2.68. The number of nitrogens with zero attached hydrogens (tertiary/aromatic N) is 4. The highest BCUT2D eigenvalue weighted by atomic mass is 16.6. The molecule has 0 aromatic carbocycles. The molecule has 3 aromatic rings. The fourth-order valence-corrected chi connectivity index (χ4v) is 2.09. The summed E-state index contributed by atoms with van der Waals surface area (Å²) in [6, 6.07) is 5.48. The van der Waals surface area contributed by atoms with E-state index >= 15 is 0 Å². The van der Waals surface area contributed by atoms with Gasteiger partial charge in [-0.15, -0.1) is 0 Å². The van der Waals surface area contributed by atoms with E-state index in [1.54, 1.807) is 13.1 Å². The lowest BCUT2D eigenvalue weighted by molar-refractivity contribution is -0.385. The van der Waals surface area contributed by atoms with Crippen LogP contribution in [0, 0.1) is 17.0 Å². The molecule has 3 aromatic heterocycles. The molecule has 7 nitrogen and oxygen atoms in total. The van der Waals surface area contributed by atoms with E-state index in [0.717, 1.165) is 16.8 Å². The number of fused-ring (bicyclic) bond motifs is 1. The Labute approximate surface area is 120 Å². The summed E-state index contributed by atoms with van der Waals surface area (Å²) in [5.74, 6) is 0.642. The molecule has 106 valence electrons.